The number of carbonyl (C=O) groups is 1. The molecule has 0 aliphatic rings. The molecule has 7 nitrogen and oxygen atoms in total. The Morgan fingerprint density at radius 1 is 1.12 bits per heavy atom. The maximum Gasteiger partial charge on any atom is 0.407 e. The van der Waals surface area contributed by atoms with Crippen molar-refractivity contribution in [2.75, 3.05) is 13.6 Å². The number of alkyl carbamates (subject to hydrolysis) is 1. The van der Waals surface area contributed by atoms with E-state index in [0.29, 0.717) is 18.5 Å². The SMILES string of the molecule is C=C(C)/C([O-])=N/[N+](C)(Cc1ccccc1)C[C@H](O)[C@H](Cc1ccccc1)NC(=O)OC(C)(C)C. The predicted molar refractivity (Wildman–Crippen MR) is 133 cm³/mol. The second-order valence-corrected chi connectivity index (χ2v) is 9.86. The highest BCUT2D eigenvalue weighted by Crippen LogP contribution is 2.18. The topological polar surface area (TPSA) is 94.0 Å². The molecule has 3 atom stereocenters. The molecule has 2 aromatic rings. The van der Waals surface area contributed by atoms with Gasteiger partial charge in [0.2, 0.25) is 0 Å². The summed E-state index contributed by atoms with van der Waals surface area (Å²) in [6.45, 7) is 11.1. The van der Waals surface area contributed by atoms with Gasteiger partial charge in [0.25, 0.3) is 0 Å². The molecular formula is C27H37N3O4. The third-order valence-corrected chi connectivity index (χ3v) is 5.11. The number of rotatable bonds is 10. The van der Waals surface area contributed by atoms with E-state index in [-0.39, 0.29) is 11.1 Å². The van der Waals surface area contributed by atoms with E-state index in [0.717, 1.165) is 11.1 Å². The number of carbonyl (C=O) groups excluding carboxylic acids is 1. The van der Waals surface area contributed by atoms with E-state index in [2.05, 4.69) is 17.0 Å². The monoisotopic (exact) mass is 467 g/mol. The molecule has 0 aromatic heterocycles. The summed E-state index contributed by atoms with van der Waals surface area (Å²) in [6.07, 6.45) is -1.23. The molecule has 0 radical (unpaired) electrons. The van der Waals surface area contributed by atoms with Gasteiger partial charge in [-0.05, 0) is 45.3 Å². The first kappa shape index (κ1) is 27.1. The number of ether oxygens (including phenoxy) is 1. The summed E-state index contributed by atoms with van der Waals surface area (Å²) < 4.78 is 5.32. The van der Waals surface area contributed by atoms with Gasteiger partial charge in [0.15, 0.2) is 0 Å². The molecule has 2 N–H and O–H groups in total. The van der Waals surface area contributed by atoms with Gasteiger partial charge in [-0.1, -0.05) is 72.3 Å². The Hall–Kier alpha value is -3.16. The number of aliphatic hydroxyl groups is 1. The molecule has 0 aliphatic heterocycles. The van der Waals surface area contributed by atoms with Crippen LogP contribution in [0.4, 0.5) is 4.79 Å². The Balaban J connectivity index is 2.32. The number of hydrogen-bond donors (Lipinski definition) is 2. The van der Waals surface area contributed by atoms with E-state index in [1.807, 2.05) is 60.7 Å². The van der Waals surface area contributed by atoms with Crippen molar-refractivity contribution in [3.63, 3.8) is 0 Å². The second kappa shape index (κ2) is 11.8. The van der Waals surface area contributed by atoms with Crippen molar-refractivity contribution in [3.05, 3.63) is 83.9 Å². The zero-order valence-electron chi connectivity index (χ0n) is 20.8. The standard InChI is InChI=1S/C27H37N3O4/c1-20(2)25(32)29-30(6,18-22-15-11-8-12-16-22)19-24(31)23(17-21-13-9-7-10-14-21)28-26(33)34-27(3,4)5/h7-16,23-24,31H,1,17-19H2,2-6H3,(H-,28,29,32,33)/t23-,24-,30?/m0/s1. The van der Waals surface area contributed by atoms with Crippen molar-refractivity contribution < 1.29 is 24.3 Å². The van der Waals surface area contributed by atoms with Crippen molar-refractivity contribution in [2.45, 2.75) is 58.4 Å². The number of amides is 1. The number of nitrogens with zero attached hydrogens (tertiary/aromatic N) is 2. The van der Waals surface area contributed by atoms with Crippen molar-refractivity contribution >= 4 is 12.0 Å². The van der Waals surface area contributed by atoms with Gasteiger partial charge in [-0.25, -0.2) is 4.79 Å². The van der Waals surface area contributed by atoms with Gasteiger partial charge < -0.3 is 20.3 Å². The summed E-state index contributed by atoms with van der Waals surface area (Å²) in [5.74, 6) is -0.426. The van der Waals surface area contributed by atoms with E-state index < -0.39 is 29.7 Å². The van der Waals surface area contributed by atoms with E-state index in [4.69, 9.17) is 4.74 Å². The predicted octanol–water partition coefficient (Wildman–Crippen LogP) is 3.38. The molecule has 1 unspecified atom stereocenters. The van der Waals surface area contributed by atoms with Gasteiger partial charge in [0, 0.05) is 11.5 Å². The van der Waals surface area contributed by atoms with Crippen molar-refractivity contribution in [1.29, 1.82) is 0 Å². The summed E-state index contributed by atoms with van der Waals surface area (Å²) in [7, 11) is 1.78. The summed E-state index contributed by atoms with van der Waals surface area (Å²) in [4.78, 5) is 12.5. The lowest BCUT2D eigenvalue weighted by Crippen LogP contribution is -2.54. The maximum absolute atomic E-state index is 12.5. The molecule has 2 rings (SSSR count). The minimum Gasteiger partial charge on any atom is -0.855 e. The first-order valence-corrected chi connectivity index (χ1v) is 11.4. The van der Waals surface area contributed by atoms with Crippen LogP contribution in [0.1, 0.15) is 38.8 Å². The minimum absolute atomic E-state index is 0.0984. The number of benzene rings is 2. The highest BCUT2D eigenvalue weighted by Gasteiger charge is 2.33. The lowest BCUT2D eigenvalue weighted by atomic mass is 10.0. The van der Waals surface area contributed by atoms with Crippen LogP contribution < -0.4 is 10.4 Å². The largest absolute Gasteiger partial charge is 0.855 e. The number of hydrogen-bond acceptors (Lipinski definition) is 5. The molecule has 0 fully saturated rings. The first-order chi connectivity index (χ1) is 15.9. The molecule has 0 aliphatic carbocycles. The fourth-order valence-electron chi connectivity index (χ4n) is 3.56. The first-order valence-electron chi connectivity index (χ1n) is 11.4. The molecule has 1 amide bonds. The molecule has 0 spiro atoms. The van der Waals surface area contributed by atoms with Crippen LogP contribution in [0.15, 0.2) is 77.9 Å². The number of quaternary nitrogens is 1. The van der Waals surface area contributed by atoms with Gasteiger partial charge >= 0.3 is 6.09 Å². The van der Waals surface area contributed by atoms with Gasteiger partial charge in [-0.3, -0.25) is 0 Å². The average Bonchev–Trinajstić information content (AvgIpc) is 2.73. The van der Waals surface area contributed by atoms with Gasteiger partial charge in [0.1, 0.15) is 24.8 Å². The van der Waals surface area contributed by atoms with Gasteiger partial charge in [-0.15, -0.1) is 0 Å². The number of aliphatic hydroxyl groups excluding tert-OH is 1. The average molecular weight is 468 g/mol. The van der Waals surface area contributed by atoms with E-state index in [1.165, 1.54) is 0 Å². The zero-order valence-corrected chi connectivity index (χ0v) is 20.8. The van der Waals surface area contributed by atoms with Crippen LogP contribution in [-0.4, -0.2) is 53.0 Å². The van der Waals surface area contributed by atoms with E-state index >= 15 is 0 Å². The van der Waals surface area contributed by atoms with E-state index in [9.17, 15) is 15.0 Å². The van der Waals surface area contributed by atoms with E-state index in [1.54, 1.807) is 34.7 Å². The Morgan fingerprint density at radius 3 is 2.15 bits per heavy atom. The van der Waals surface area contributed by atoms with Crippen LogP contribution in [0.5, 0.6) is 0 Å². The molecule has 184 valence electrons. The lowest BCUT2D eigenvalue weighted by molar-refractivity contribution is -0.933. The molecule has 0 saturated heterocycles. The summed E-state index contributed by atoms with van der Waals surface area (Å²) in [6, 6.07) is 18.6. The smallest absolute Gasteiger partial charge is 0.407 e. The van der Waals surface area contributed by atoms with Crippen LogP contribution in [0.3, 0.4) is 0 Å². The quantitative estimate of drug-likeness (QED) is 0.242. The molecule has 34 heavy (non-hydrogen) atoms. The Morgan fingerprint density at radius 2 is 1.65 bits per heavy atom. The molecule has 0 bridgehead atoms. The van der Waals surface area contributed by atoms with Crippen molar-refractivity contribution in [1.82, 2.24) is 5.32 Å². The Labute approximate surface area is 203 Å². The zero-order chi connectivity index (χ0) is 25.4. The molecule has 7 heteroatoms. The van der Waals surface area contributed by atoms with Crippen molar-refractivity contribution in [2.24, 2.45) is 5.10 Å². The van der Waals surface area contributed by atoms with Crippen LogP contribution in [0, 0.1) is 0 Å². The summed E-state index contributed by atoms with van der Waals surface area (Å²) in [5, 5.41) is 31.0. The molecule has 2 aromatic carbocycles. The van der Waals surface area contributed by atoms with Crippen LogP contribution >= 0.6 is 0 Å². The third-order valence-electron chi connectivity index (χ3n) is 5.11. The minimum atomic E-state index is -1.01. The van der Waals surface area contributed by atoms with Crippen LogP contribution in [-0.2, 0) is 17.7 Å². The summed E-state index contributed by atoms with van der Waals surface area (Å²) in [5.41, 5.74) is 1.57. The van der Waals surface area contributed by atoms with Crippen LogP contribution in [0.25, 0.3) is 0 Å². The molecule has 0 heterocycles. The third kappa shape index (κ3) is 9.37. The fraction of sp³-hybridized carbons (Fsp3) is 0.407. The Bertz CT molecular complexity index is 970. The molecular weight excluding hydrogens is 430 g/mol. The molecule has 0 saturated carbocycles. The second-order valence-electron chi connectivity index (χ2n) is 9.86. The fourth-order valence-corrected chi connectivity index (χ4v) is 3.56. The highest BCUT2D eigenvalue weighted by molar-refractivity contribution is 5.87. The normalized spacial score (nSPS) is 15.6. The summed E-state index contributed by atoms with van der Waals surface area (Å²) >= 11 is 0. The van der Waals surface area contributed by atoms with Gasteiger partial charge in [-0.2, -0.15) is 4.59 Å². The number of likely N-dealkylation sites (N-methyl/N-ethyl adjacent to an activating group) is 1. The Kier molecular flexibility index (Phi) is 9.41. The lowest BCUT2D eigenvalue weighted by Gasteiger charge is -2.34. The number of nitrogens with one attached hydrogen (secondary N) is 1. The highest BCUT2D eigenvalue weighted by atomic mass is 16.6. The van der Waals surface area contributed by atoms with Crippen molar-refractivity contribution in [3.8, 4) is 0 Å². The van der Waals surface area contributed by atoms with Crippen LogP contribution in [0.2, 0.25) is 0 Å². The maximum atomic E-state index is 12.5. The van der Waals surface area contributed by atoms with Gasteiger partial charge in [0.05, 0.1) is 13.1 Å².